The van der Waals surface area contributed by atoms with Crippen LogP contribution >= 0.6 is 11.3 Å². The number of nitrogens with zero attached hydrogens (tertiary/aromatic N) is 3. The average Bonchev–Trinajstić information content (AvgIpc) is 3.13. The van der Waals surface area contributed by atoms with E-state index in [9.17, 15) is 4.79 Å². The van der Waals surface area contributed by atoms with Crippen LogP contribution < -0.4 is 5.32 Å². The van der Waals surface area contributed by atoms with Gasteiger partial charge in [0.2, 0.25) is 5.91 Å². The van der Waals surface area contributed by atoms with Crippen LogP contribution in [-0.2, 0) is 4.79 Å². The molecule has 0 radical (unpaired) electrons. The number of hydrogen-bond acceptors (Lipinski definition) is 5. The molecule has 0 bridgehead atoms. The minimum absolute atomic E-state index is 0.114. The van der Waals surface area contributed by atoms with Crippen molar-refractivity contribution in [3.63, 3.8) is 0 Å². The third-order valence-corrected chi connectivity index (χ3v) is 5.21. The van der Waals surface area contributed by atoms with Crippen LogP contribution in [0.1, 0.15) is 12.8 Å². The smallest absolute Gasteiger partial charge is 0.224 e. The van der Waals surface area contributed by atoms with Crippen molar-refractivity contribution in [3.05, 3.63) is 41.8 Å². The van der Waals surface area contributed by atoms with Gasteiger partial charge in [-0.1, -0.05) is 18.2 Å². The summed E-state index contributed by atoms with van der Waals surface area (Å²) in [5.74, 6) is 1.72. The molecule has 0 saturated carbocycles. The van der Waals surface area contributed by atoms with Crippen LogP contribution in [0.5, 0.6) is 0 Å². The first-order valence-electron chi connectivity index (χ1n) is 8.02. The first-order valence-corrected chi connectivity index (χ1v) is 8.90. The Bertz CT molecular complexity index is 878. The third kappa shape index (κ3) is 2.85. The lowest BCUT2D eigenvalue weighted by Gasteiger charge is -2.29. The summed E-state index contributed by atoms with van der Waals surface area (Å²) in [7, 11) is 1.85. The van der Waals surface area contributed by atoms with Crippen molar-refractivity contribution in [3.8, 4) is 10.7 Å². The molecule has 6 heteroatoms. The number of fused-ring (bicyclic) bond motifs is 1. The Morgan fingerprint density at radius 2 is 2.08 bits per heavy atom. The van der Waals surface area contributed by atoms with Crippen molar-refractivity contribution in [1.29, 1.82) is 0 Å². The fourth-order valence-corrected chi connectivity index (χ4v) is 3.62. The number of anilines is 1. The van der Waals surface area contributed by atoms with E-state index in [0.717, 1.165) is 40.4 Å². The van der Waals surface area contributed by atoms with Gasteiger partial charge in [0, 0.05) is 31.4 Å². The second kappa shape index (κ2) is 6.20. The summed E-state index contributed by atoms with van der Waals surface area (Å²) in [5.41, 5.74) is 0.914. The zero-order valence-electron chi connectivity index (χ0n) is 13.4. The molecule has 1 fully saturated rings. The van der Waals surface area contributed by atoms with E-state index in [4.69, 9.17) is 4.98 Å². The minimum atomic E-state index is 0.114. The number of thiophene rings is 1. The molecule has 1 N–H and O–H groups in total. The van der Waals surface area contributed by atoms with Gasteiger partial charge in [-0.3, -0.25) is 4.79 Å². The highest BCUT2D eigenvalue weighted by Crippen LogP contribution is 2.28. The monoisotopic (exact) mass is 338 g/mol. The summed E-state index contributed by atoms with van der Waals surface area (Å²) < 4.78 is 0. The first-order chi connectivity index (χ1) is 11.7. The second-order valence-corrected chi connectivity index (χ2v) is 6.99. The molecule has 2 aromatic heterocycles. The van der Waals surface area contributed by atoms with E-state index in [0.29, 0.717) is 6.42 Å². The number of likely N-dealkylation sites (tertiary alicyclic amines) is 1. The van der Waals surface area contributed by atoms with Crippen molar-refractivity contribution < 1.29 is 4.79 Å². The van der Waals surface area contributed by atoms with Crippen LogP contribution in [0.3, 0.4) is 0 Å². The molecule has 3 aromatic rings. The lowest BCUT2D eigenvalue weighted by atomic mass is 10.0. The molecule has 24 heavy (non-hydrogen) atoms. The average molecular weight is 338 g/mol. The summed E-state index contributed by atoms with van der Waals surface area (Å²) in [6.07, 6.45) is 1.43. The Morgan fingerprint density at radius 3 is 2.88 bits per heavy atom. The molecule has 1 saturated heterocycles. The Labute approximate surface area is 144 Å². The molecule has 4 rings (SSSR count). The number of nitrogens with one attached hydrogen (secondary N) is 1. The van der Waals surface area contributed by atoms with Gasteiger partial charge < -0.3 is 10.2 Å². The van der Waals surface area contributed by atoms with Crippen LogP contribution in [0.4, 0.5) is 5.82 Å². The SMILES string of the molecule is CN1CCC(Nc2nc(-c3cccs3)nc3ccccc23)CC1=O. The van der Waals surface area contributed by atoms with Gasteiger partial charge >= 0.3 is 0 Å². The topological polar surface area (TPSA) is 58.1 Å². The van der Waals surface area contributed by atoms with Gasteiger partial charge in [-0.15, -0.1) is 11.3 Å². The highest BCUT2D eigenvalue weighted by Gasteiger charge is 2.24. The predicted molar refractivity (Wildman–Crippen MR) is 97.1 cm³/mol. The molecule has 5 nitrogen and oxygen atoms in total. The quantitative estimate of drug-likeness (QED) is 0.795. The van der Waals surface area contributed by atoms with Crippen molar-refractivity contribution in [1.82, 2.24) is 14.9 Å². The van der Waals surface area contributed by atoms with E-state index in [1.165, 1.54) is 0 Å². The van der Waals surface area contributed by atoms with Crippen molar-refractivity contribution in [2.24, 2.45) is 0 Å². The minimum Gasteiger partial charge on any atom is -0.366 e. The maximum absolute atomic E-state index is 12.0. The number of hydrogen-bond donors (Lipinski definition) is 1. The van der Waals surface area contributed by atoms with Crippen LogP contribution in [0, 0.1) is 0 Å². The molecular formula is C18H18N4OS. The highest BCUT2D eigenvalue weighted by molar-refractivity contribution is 7.13. The number of aromatic nitrogens is 2. The molecule has 0 aliphatic carbocycles. The molecule has 1 unspecified atom stereocenters. The van der Waals surface area contributed by atoms with Crippen molar-refractivity contribution in [2.75, 3.05) is 18.9 Å². The number of benzene rings is 1. The van der Waals surface area contributed by atoms with Crippen molar-refractivity contribution >= 4 is 34.0 Å². The van der Waals surface area contributed by atoms with E-state index in [2.05, 4.69) is 10.3 Å². The molecule has 122 valence electrons. The molecule has 1 aliphatic rings. The Hall–Kier alpha value is -2.47. The number of para-hydroxylation sites is 1. The Balaban J connectivity index is 1.72. The summed E-state index contributed by atoms with van der Waals surface area (Å²) in [6, 6.07) is 12.1. The van der Waals surface area contributed by atoms with E-state index in [1.807, 2.05) is 48.8 Å². The fourth-order valence-electron chi connectivity index (χ4n) is 2.96. The van der Waals surface area contributed by atoms with E-state index >= 15 is 0 Å². The highest BCUT2D eigenvalue weighted by atomic mass is 32.1. The van der Waals surface area contributed by atoms with Crippen LogP contribution in [0.2, 0.25) is 0 Å². The van der Waals surface area contributed by atoms with E-state index < -0.39 is 0 Å². The summed E-state index contributed by atoms with van der Waals surface area (Å²) in [4.78, 5) is 24.2. The molecule has 1 aliphatic heterocycles. The largest absolute Gasteiger partial charge is 0.366 e. The van der Waals surface area contributed by atoms with Crippen LogP contribution in [0.15, 0.2) is 41.8 Å². The zero-order chi connectivity index (χ0) is 16.5. The number of carbonyl (C=O) groups is 1. The van der Waals surface area contributed by atoms with Gasteiger partial charge in [0.05, 0.1) is 10.4 Å². The Kier molecular flexibility index (Phi) is 3.90. The summed E-state index contributed by atoms with van der Waals surface area (Å²) in [6.45, 7) is 0.775. The summed E-state index contributed by atoms with van der Waals surface area (Å²) in [5, 5.41) is 6.50. The van der Waals surface area contributed by atoms with Crippen LogP contribution in [-0.4, -0.2) is 40.4 Å². The van der Waals surface area contributed by atoms with Crippen molar-refractivity contribution in [2.45, 2.75) is 18.9 Å². The van der Waals surface area contributed by atoms with Gasteiger partial charge in [0.1, 0.15) is 5.82 Å². The predicted octanol–water partition coefficient (Wildman–Crippen LogP) is 3.39. The summed E-state index contributed by atoms with van der Waals surface area (Å²) >= 11 is 1.63. The standard InChI is InChI=1S/C18H18N4OS/c1-22-9-8-12(11-16(22)23)19-17-13-5-2-3-6-14(13)20-18(21-17)15-7-4-10-24-15/h2-7,10,12H,8-9,11H2,1H3,(H,19,20,21). The van der Waals surface area contributed by atoms with Gasteiger partial charge in [-0.25, -0.2) is 9.97 Å². The normalized spacial score (nSPS) is 18.1. The number of rotatable bonds is 3. The van der Waals surface area contributed by atoms with E-state index in [1.54, 1.807) is 16.2 Å². The maximum atomic E-state index is 12.0. The van der Waals surface area contributed by atoms with Gasteiger partial charge in [0.15, 0.2) is 5.82 Å². The molecular weight excluding hydrogens is 320 g/mol. The maximum Gasteiger partial charge on any atom is 0.224 e. The van der Waals surface area contributed by atoms with Gasteiger partial charge in [-0.2, -0.15) is 0 Å². The molecule has 1 aromatic carbocycles. The van der Waals surface area contributed by atoms with Crippen LogP contribution in [0.25, 0.3) is 21.6 Å². The van der Waals surface area contributed by atoms with E-state index in [-0.39, 0.29) is 11.9 Å². The van der Waals surface area contributed by atoms with Gasteiger partial charge in [0.25, 0.3) is 0 Å². The molecule has 0 spiro atoms. The first kappa shape index (κ1) is 15.1. The number of piperidine rings is 1. The number of carbonyl (C=O) groups excluding carboxylic acids is 1. The number of amides is 1. The second-order valence-electron chi connectivity index (χ2n) is 6.04. The molecule has 1 amide bonds. The molecule has 3 heterocycles. The lowest BCUT2D eigenvalue weighted by molar-refractivity contribution is -0.132. The Morgan fingerprint density at radius 1 is 1.21 bits per heavy atom. The fraction of sp³-hybridized carbons (Fsp3) is 0.278. The lowest BCUT2D eigenvalue weighted by Crippen LogP contribution is -2.41. The zero-order valence-corrected chi connectivity index (χ0v) is 14.2. The third-order valence-electron chi connectivity index (χ3n) is 4.35. The molecule has 1 atom stereocenters. The van der Waals surface area contributed by atoms with Gasteiger partial charge in [-0.05, 0) is 30.0 Å².